The summed E-state index contributed by atoms with van der Waals surface area (Å²) >= 11 is 7.95. The number of nitrogens with one attached hydrogen (secondary N) is 1. The van der Waals surface area contributed by atoms with E-state index in [0.29, 0.717) is 11.4 Å². The molecule has 1 heterocycles. The van der Waals surface area contributed by atoms with Crippen LogP contribution in [0.3, 0.4) is 0 Å². The molecule has 0 radical (unpaired) electrons. The molecule has 0 amide bonds. The second-order valence-electron chi connectivity index (χ2n) is 2.95. The summed E-state index contributed by atoms with van der Waals surface area (Å²) in [7, 11) is 0. The van der Waals surface area contributed by atoms with Gasteiger partial charge in [0.1, 0.15) is 6.04 Å². The lowest BCUT2D eigenvalue weighted by atomic mass is 10.2. The quantitative estimate of drug-likeness (QED) is 0.341. The summed E-state index contributed by atoms with van der Waals surface area (Å²) in [6.07, 6.45) is 0. The van der Waals surface area contributed by atoms with Gasteiger partial charge in [-0.25, -0.2) is 0 Å². The standard InChI is InChI=1S/C8H8Br2N4O2S/c9-4-3-5(17-7(4)10)6(8(15)16)12-1-2-13-14-11/h3,6,12H,1-2H2,(H,15,16). The number of azide groups is 1. The number of carbonyl (C=O) groups is 1. The third kappa shape index (κ3) is 4.29. The summed E-state index contributed by atoms with van der Waals surface area (Å²) in [5.41, 5.74) is 8.10. The van der Waals surface area contributed by atoms with Gasteiger partial charge in [-0.2, -0.15) is 0 Å². The number of hydrogen-bond donors (Lipinski definition) is 2. The van der Waals surface area contributed by atoms with Crippen LogP contribution in [-0.2, 0) is 4.79 Å². The Kier molecular flexibility index (Phi) is 5.93. The van der Waals surface area contributed by atoms with Crippen LogP contribution in [0, 0.1) is 0 Å². The van der Waals surface area contributed by atoms with E-state index >= 15 is 0 Å². The number of hydrogen-bond acceptors (Lipinski definition) is 4. The highest BCUT2D eigenvalue weighted by Gasteiger charge is 2.21. The normalized spacial score (nSPS) is 11.9. The van der Waals surface area contributed by atoms with Crippen molar-refractivity contribution in [3.05, 3.63) is 29.6 Å². The van der Waals surface area contributed by atoms with Gasteiger partial charge in [0, 0.05) is 27.4 Å². The molecule has 1 aromatic rings. The van der Waals surface area contributed by atoms with Crippen LogP contribution in [-0.4, -0.2) is 24.2 Å². The minimum atomic E-state index is -0.966. The van der Waals surface area contributed by atoms with E-state index in [9.17, 15) is 4.79 Å². The molecule has 1 unspecified atom stereocenters. The second kappa shape index (κ2) is 6.97. The van der Waals surface area contributed by atoms with E-state index < -0.39 is 12.0 Å². The Morgan fingerprint density at radius 2 is 2.41 bits per heavy atom. The van der Waals surface area contributed by atoms with Gasteiger partial charge < -0.3 is 5.11 Å². The predicted octanol–water partition coefficient (Wildman–Crippen LogP) is 3.30. The number of aliphatic carboxylic acids is 1. The average Bonchev–Trinajstić information content (AvgIpc) is 2.58. The third-order valence-corrected chi connectivity index (χ3v) is 5.14. The maximum absolute atomic E-state index is 11.1. The molecule has 92 valence electrons. The van der Waals surface area contributed by atoms with Crippen molar-refractivity contribution in [3.8, 4) is 0 Å². The van der Waals surface area contributed by atoms with Crippen LogP contribution >= 0.6 is 43.2 Å². The molecule has 1 rings (SSSR count). The van der Waals surface area contributed by atoms with E-state index in [1.807, 2.05) is 0 Å². The minimum Gasteiger partial charge on any atom is -0.480 e. The summed E-state index contributed by atoms with van der Waals surface area (Å²) in [4.78, 5) is 14.4. The number of carboxylic acids is 1. The zero-order chi connectivity index (χ0) is 12.8. The Balaban J connectivity index is 2.72. The van der Waals surface area contributed by atoms with E-state index in [1.54, 1.807) is 6.07 Å². The summed E-state index contributed by atoms with van der Waals surface area (Å²) < 4.78 is 1.66. The molecule has 0 bridgehead atoms. The minimum absolute atomic E-state index is 0.216. The van der Waals surface area contributed by atoms with Gasteiger partial charge in [-0.15, -0.1) is 11.3 Å². The van der Waals surface area contributed by atoms with Crippen LogP contribution in [0.1, 0.15) is 10.9 Å². The maximum atomic E-state index is 11.1. The zero-order valence-corrected chi connectivity index (χ0v) is 12.4. The molecule has 0 spiro atoms. The van der Waals surface area contributed by atoms with Gasteiger partial charge in [-0.05, 0) is 43.5 Å². The van der Waals surface area contributed by atoms with Gasteiger partial charge in [-0.3, -0.25) is 10.1 Å². The predicted molar refractivity (Wildman–Crippen MR) is 72.1 cm³/mol. The van der Waals surface area contributed by atoms with Crippen LogP contribution in [0.25, 0.3) is 10.4 Å². The highest BCUT2D eigenvalue weighted by atomic mass is 79.9. The zero-order valence-electron chi connectivity index (χ0n) is 8.43. The summed E-state index contributed by atoms with van der Waals surface area (Å²) in [5.74, 6) is -0.966. The molecule has 0 aromatic carbocycles. The van der Waals surface area contributed by atoms with Crippen molar-refractivity contribution in [3.63, 3.8) is 0 Å². The van der Waals surface area contributed by atoms with Gasteiger partial charge in [0.2, 0.25) is 0 Å². The Morgan fingerprint density at radius 3 is 2.88 bits per heavy atom. The van der Waals surface area contributed by atoms with Gasteiger partial charge in [0.05, 0.1) is 3.79 Å². The SMILES string of the molecule is [N-]=[N+]=NCCNC(C(=O)O)c1cc(Br)c(Br)s1. The molecular weight excluding hydrogens is 376 g/mol. The lowest BCUT2D eigenvalue weighted by Gasteiger charge is -2.11. The van der Waals surface area contributed by atoms with Gasteiger partial charge >= 0.3 is 5.97 Å². The first-order chi connectivity index (χ1) is 8.06. The van der Waals surface area contributed by atoms with Crippen LogP contribution in [0.4, 0.5) is 0 Å². The number of halogens is 2. The number of carboxylic acid groups (broad SMARTS) is 1. The smallest absolute Gasteiger partial charge is 0.326 e. The maximum Gasteiger partial charge on any atom is 0.326 e. The van der Waals surface area contributed by atoms with Crippen molar-refractivity contribution in [2.24, 2.45) is 5.11 Å². The van der Waals surface area contributed by atoms with Crippen LogP contribution in [0.2, 0.25) is 0 Å². The molecule has 0 aliphatic rings. The average molecular weight is 384 g/mol. The van der Waals surface area contributed by atoms with Gasteiger partial charge in [-0.1, -0.05) is 5.11 Å². The van der Waals surface area contributed by atoms with Crippen molar-refractivity contribution in [2.75, 3.05) is 13.1 Å². The van der Waals surface area contributed by atoms with E-state index in [-0.39, 0.29) is 6.54 Å². The number of rotatable bonds is 6. The van der Waals surface area contributed by atoms with Crippen molar-refractivity contribution in [2.45, 2.75) is 6.04 Å². The molecule has 0 aliphatic carbocycles. The molecule has 9 heteroatoms. The summed E-state index contributed by atoms with van der Waals surface area (Å²) in [6, 6.07) is 0.949. The van der Waals surface area contributed by atoms with Crippen LogP contribution < -0.4 is 5.32 Å². The molecule has 0 saturated heterocycles. The second-order valence-corrected chi connectivity index (χ2v) is 6.21. The molecule has 0 aliphatic heterocycles. The Hall–Kier alpha value is -0.600. The van der Waals surface area contributed by atoms with Crippen molar-refractivity contribution in [1.82, 2.24) is 5.32 Å². The Bertz CT molecular complexity index is 439. The number of thiophene rings is 1. The topological polar surface area (TPSA) is 98.1 Å². The lowest BCUT2D eigenvalue weighted by Crippen LogP contribution is -2.29. The Labute approximate surface area is 118 Å². The molecule has 1 aromatic heterocycles. The summed E-state index contributed by atoms with van der Waals surface area (Å²) in [5, 5.41) is 15.2. The van der Waals surface area contributed by atoms with Crippen molar-refractivity contribution >= 4 is 49.2 Å². The third-order valence-electron chi connectivity index (χ3n) is 1.82. The first-order valence-corrected chi connectivity index (χ1v) is 6.88. The van der Waals surface area contributed by atoms with E-state index in [0.717, 1.165) is 8.26 Å². The fourth-order valence-corrected chi connectivity index (χ4v) is 3.28. The fraction of sp³-hybridized carbons (Fsp3) is 0.375. The lowest BCUT2D eigenvalue weighted by molar-refractivity contribution is -0.139. The number of nitrogens with zero attached hydrogens (tertiary/aromatic N) is 3. The highest BCUT2D eigenvalue weighted by Crippen LogP contribution is 2.35. The molecule has 17 heavy (non-hydrogen) atoms. The van der Waals surface area contributed by atoms with Crippen molar-refractivity contribution < 1.29 is 9.90 Å². The molecule has 0 saturated carbocycles. The molecular formula is C8H8Br2N4O2S. The Morgan fingerprint density at radius 1 is 1.71 bits per heavy atom. The monoisotopic (exact) mass is 382 g/mol. The van der Waals surface area contributed by atoms with E-state index in [2.05, 4.69) is 47.2 Å². The van der Waals surface area contributed by atoms with Crippen LogP contribution in [0.5, 0.6) is 0 Å². The van der Waals surface area contributed by atoms with Gasteiger partial charge in [0.25, 0.3) is 0 Å². The van der Waals surface area contributed by atoms with Crippen molar-refractivity contribution in [1.29, 1.82) is 0 Å². The van der Waals surface area contributed by atoms with Crippen LogP contribution in [0.15, 0.2) is 19.4 Å². The largest absolute Gasteiger partial charge is 0.480 e. The van der Waals surface area contributed by atoms with E-state index in [1.165, 1.54) is 11.3 Å². The first kappa shape index (κ1) is 14.5. The first-order valence-electron chi connectivity index (χ1n) is 4.48. The van der Waals surface area contributed by atoms with E-state index in [4.69, 9.17) is 10.6 Å². The summed E-state index contributed by atoms with van der Waals surface area (Å²) in [6.45, 7) is 0.530. The molecule has 1 atom stereocenters. The molecule has 0 fully saturated rings. The highest BCUT2D eigenvalue weighted by molar-refractivity contribution is 9.13. The molecule has 2 N–H and O–H groups in total. The fourth-order valence-electron chi connectivity index (χ4n) is 1.12. The molecule has 6 nitrogen and oxygen atoms in total. The van der Waals surface area contributed by atoms with Gasteiger partial charge in [0.15, 0.2) is 0 Å².